The number of nitrogens with one attached hydrogen (secondary N) is 2. The molecule has 0 saturated heterocycles. The third-order valence-electron chi connectivity index (χ3n) is 5.20. The monoisotopic (exact) mass is 332 g/mol. The van der Waals surface area contributed by atoms with Gasteiger partial charge in [-0.05, 0) is 31.7 Å². The highest BCUT2D eigenvalue weighted by molar-refractivity contribution is 6.01. The molecule has 2 N–H and O–H groups in total. The number of carbonyl (C=O) groups excluding carboxylic acids is 3. The van der Waals surface area contributed by atoms with E-state index in [1.165, 1.54) is 24.3 Å². The van der Waals surface area contributed by atoms with Crippen molar-refractivity contribution in [3.63, 3.8) is 0 Å². The molecule has 2 aliphatic rings. The van der Waals surface area contributed by atoms with Crippen LogP contribution in [0.4, 0.5) is 0 Å². The van der Waals surface area contributed by atoms with Crippen molar-refractivity contribution < 1.29 is 14.4 Å². The lowest BCUT2D eigenvalue weighted by molar-refractivity contribution is -0.127. The first kappa shape index (κ1) is 16.7. The number of carbonyl (C=O) groups is 3. The van der Waals surface area contributed by atoms with Gasteiger partial charge in [0, 0.05) is 20.0 Å². The Bertz CT molecular complexity index is 657. The summed E-state index contributed by atoms with van der Waals surface area (Å²) in [6, 6.07) is 1.67. The minimum Gasteiger partial charge on any atom is -0.351 e. The van der Waals surface area contributed by atoms with Crippen LogP contribution in [0, 0.1) is 0 Å². The molecule has 0 aliphatic heterocycles. The van der Waals surface area contributed by atoms with Crippen LogP contribution in [0.3, 0.4) is 0 Å². The zero-order valence-electron chi connectivity index (χ0n) is 14.2. The number of H-pyrrole nitrogens is 1. The predicted molar refractivity (Wildman–Crippen MR) is 87.7 cm³/mol. The third-order valence-corrected chi connectivity index (χ3v) is 5.20. The van der Waals surface area contributed by atoms with Gasteiger partial charge in [0.25, 0.3) is 5.91 Å². The highest BCUT2D eigenvalue weighted by Gasteiger charge is 2.55. The lowest BCUT2D eigenvalue weighted by Gasteiger charge is -2.30. The van der Waals surface area contributed by atoms with Crippen LogP contribution in [0.1, 0.15) is 72.8 Å². The molecule has 0 radical (unpaired) electrons. The van der Waals surface area contributed by atoms with Gasteiger partial charge >= 0.3 is 0 Å². The number of ketones is 1. The molecule has 0 aromatic carbocycles. The quantitative estimate of drug-likeness (QED) is 0.802. The zero-order chi connectivity index (χ0) is 17.3. The van der Waals surface area contributed by atoms with Crippen molar-refractivity contribution in [2.24, 2.45) is 0 Å². The van der Waals surface area contributed by atoms with Crippen LogP contribution in [0.25, 0.3) is 0 Å². The zero-order valence-corrected chi connectivity index (χ0v) is 14.2. The van der Waals surface area contributed by atoms with E-state index in [0.717, 1.165) is 25.7 Å². The molecular weight excluding hydrogens is 308 g/mol. The summed E-state index contributed by atoms with van der Waals surface area (Å²) in [4.78, 5) is 38.1. The maximum absolute atomic E-state index is 12.7. The molecule has 2 amide bonds. The molecule has 24 heavy (non-hydrogen) atoms. The molecule has 2 saturated carbocycles. The number of aromatic nitrogens is 2. The van der Waals surface area contributed by atoms with E-state index in [9.17, 15) is 14.4 Å². The average Bonchev–Trinajstić information content (AvgIpc) is 3.24. The largest absolute Gasteiger partial charge is 0.351 e. The molecule has 1 heterocycles. The van der Waals surface area contributed by atoms with E-state index in [1.807, 2.05) is 0 Å². The average molecular weight is 332 g/mol. The van der Waals surface area contributed by atoms with Crippen molar-refractivity contribution in [3.8, 4) is 0 Å². The molecule has 1 aromatic rings. The number of nitrogens with zero attached hydrogens (tertiary/aromatic N) is 2. The van der Waals surface area contributed by atoms with Gasteiger partial charge in [-0.25, -0.2) is 0 Å². The molecule has 0 spiro atoms. The summed E-state index contributed by atoms with van der Waals surface area (Å²) in [5.41, 5.74) is -0.293. The van der Waals surface area contributed by atoms with Crippen LogP contribution in [-0.2, 0) is 4.79 Å². The molecule has 3 rings (SSSR count). The number of aromatic amines is 1. The SMILES string of the molecule is CC(=O)c1cc(C(=O)N(C)C2(C(=O)NC3CCCCC3)CC2)[nH]n1. The second-order valence-corrected chi connectivity index (χ2v) is 6.93. The maximum Gasteiger partial charge on any atom is 0.272 e. The number of amides is 2. The lowest BCUT2D eigenvalue weighted by Crippen LogP contribution is -2.52. The van der Waals surface area contributed by atoms with Crippen LogP contribution >= 0.6 is 0 Å². The Kier molecular flexibility index (Phi) is 4.43. The second kappa shape index (κ2) is 6.37. The van der Waals surface area contributed by atoms with Crippen molar-refractivity contribution in [2.75, 3.05) is 7.05 Å². The standard InChI is InChI=1S/C17H24N4O3/c1-11(22)13-10-14(20-19-13)15(23)21(2)17(8-9-17)16(24)18-12-6-4-3-5-7-12/h10,12H,3-9H2,1-2H3,(H,18,24)(H,19,20). The minimum atomic E-state index is -0.754. The molecule has 1 aromatic heterocycles. The smallest absolute Gasteiger partial charge is 0.272 e. The Balaban J connectivity index is 1.68. The van der Waals surface area contributed by atoms with E-state index in [4.69, 9.17) is 0 Å². The topological polar surface area (TPSA) is 95.2 Å². The second-order valence-electron chi connectivity index (χ2n) is 6.93. The van der Waals surface area contributed by atoms with Gasteiger partial charge in [0.05, 0.1) is 0 Å². The van der Waals surface area contributed by atoms with Crippen molar-refractivity contribution in [3.05, 3.63) is 17.5 Å². The summed E-state index contributed by atoms with van der Waals surface area (Å²) in [7, 11) is 1.64. The summed E-state index contributed by atoms with van der Waals surface area (Å²) in [6.07, 6.45) is 6.89. The van der Waals surface area contributed by atoms with Crippen molar-refractivity contribution in [2.45, 2.75) is 63.5 Å². The van der Waals surface area contributed by atoms with Crippen molar-refractivity contribution in [1.82, 2.24) is 20.4 Å². The van der Waals surface area contributed by atoms with Gasteiger partial charge in [-0.15, -0.1) is 0 Å². The first-order valence-electron chi connectivity index (χ1n) is 8.59. The fourth-order valence-corrected chi connectivity index (χ4v) is 3.39. The van der Waals surface area contributed by atoms with E-state index in [0.29, 0.717) is 12.8 Å². The van der Waals surface area contributed by atoms with Crippen molar-refractivity contribution >= 4 is 17.6 Å². The van der Waals surface area contributed by atoms with Gasteiger partial charge in [-0.1, -0.05) is 19.3 Å². The Morgan fingerprint density at radius 2 is 1.92 bits per heavy atom. The molecule has 2 aliphatic carbocycles. The molecule has 7 heteroatoms. The lowest BCUT2D eigenvalue weighted by atomic mass is 9.95. The highest BCUT2D eigenvalue weighted by atomic mass is 16.2. The van der Waals surface area contributed by atoms with Gasteiger partial charge in [-0.3, -0.25) is 19.5 Å². The van der Waals surface area contributed by atoms with Gasteiger partial charge < -0.3 is 10.2 Å². The van der Waals surface area contributed by atoms with E-state index in [1.54, 1.807) is 7.05 Å². The summed E-state index contributed by atoms with van der Waals surface area (Å²) >= 11 is 0. The van der Waals surface area contributed by atoms with Gasteiger partial charge in [0.2, 0.25) is 5.91 Å². The first-order chi connectivity index (χ1) is 11.4. The van der Waals surface area contributed by atoms with E-state index in [-0.39, 0.29) is 35.0 Å². The first-order valence-corrected chi connectivity index (χ1v) is 8.59. The minimum absolute atomic E-state index is 0.0587. The Hall–Kier alpha value is -2.18. The van der Waals surface area contributed by atoms with Crippen LogP contribution in [0.2, 0.25) is 0 Å². The molecule has 0 atom stereocenters. The van der Waals surface area contributed by atoms with Gasteiger partial charge in [0.15, 0.2) is 5.78 Å². The molecule has 130 valence electrons. The predicted octanol–water partition coefficient (Wildman–Crippen LogP) is 1.67. The number of hydrogen-bond donors (Lipinski definition) is 2. The van der Waals surface area contributed by atoms with E-state index < -0.39 is 5.54 Å². The van der Waals surface area contributed by atoms with Crippen LogP contribution in [0.5, 0.6) is 0 Å². The summed E-state index contributed by atoms with van der Waals surface area (Å²) in [6.45, 7) is 1.40. The molecule has 0 unspecified atom stereocenters. The summed E-state index contributed by atoms with van der Waals surface area (Å²) < 4.78 is 0. The fraction of sp³-hybridized carbons (Fsp3) is 0.647. The number of likely N-dealkylation sites (N-methyl/N-ethyl adjacent to an activating group) is 1. The van der Waals surface area contributed by atoms with Crippen molar-refractivity contribution in [1.29, 1.82) is 0 Å². The highest BCUT2D eigenvalue weighted by Crippen LogP contribution is 2.42. The number of Topliss-reactive ketones (excluding diaryl/α,β-unsaturated/α-hetero) is 1. The number of rotatable bonds is 5. The summed E-state index contributed by atoms with van der Waals surface area (Å²) in [5, 5.41) is 9.55. The van der Waals surface area contributed by atoms with Gasteiger partial charge in [0.1, 0.15) is 16.9 Å². The normalized spacial score (nSPS) is 19.6. The van der Waals surface area contributed by atoms with E-state index in [2.05, 4.69) is 15.5 Å². The Morgan fingerprint density at radius 1 is 1.25 bits per heavy atom. The Morgan fingerprint density at radius 3 is 2.46 bits per heavy atom. The third kappa shape index (κ3) is 3.07. The Labute approximate surface area is 141 Å². The van der Waals surface area contributed by atoms with E-state index >= 15 is 0 Å². The molecule has 7 nitrogen and oxygen atoms in total. The maximum atomic E-state index is 12.7. The fourth-order valence-electron chi connectivity index (χ4n) is 3.39. The van der Waals surface area contributed by atoms with Crippen LogP contribution in [-0.4, -0.2) is 51.3 Å². The number of hydrogen-bond acceptors (Lipinski definition) is 4. The molecule has 2 fully saturated rings. The summed E-state index contributed by atoms with van der Waals surface area (Å²) in [5.74, 6) is -0.577. The molecule has 0 bridgehead atoms. The van der Waals surface area contributed by atoms with Crippen LogP contribution in [0.15, 0.2) is 6.07 Å². The van der Waals surface area contributed by atoms with Gasteiger partial charge in [-0.2, -0.15) is 5.10 Å². The van der Waals surface area contributed by atoms with Crippen LogP contribution < -0.4 is 5.32 Å². The molecular formula is C17H24N4O3.